The van der Waals surface area contributed by atoms with Gasteiger partial charge < -0.3 is 4.57 Å². The van der Waals surface area contributed by atoms with Crippen molar-refractivity contribution in [3.05, 3.63) is 50.9 Å². The highest BCUT2D eigenvalue weighted by molar-refractivity contribution is 9.10. The molecule has 5 heteroatoms. The van der Waals surface area contributed by atoms with Gasteiger partial charge in [0, 0.05) is 23.3 Å². The van der Waals surface area contributed by atoms with Crippen LogP contribution in [0.15, 0.2) is 39.5 Å². The van der Waals surface area contributed by atoms with Gasteiger partial charge >= 0.3 is 0 Å². The van der Waals surface area contributed by atoms with Crippen molar-refractivity contribution in [1.82, 2.24) is 9.55 Å². The lowest BCUT2D eigenvalue weighted by Gasteiger charge is -2.07. The molecule has 2 aromatic heterocycles. The summed E-state index contributed by atoms with van der Waals surface area (Å²) in [4.78, 5) is 4.71. The Balaban J connectivity index is 1.95. The van der Waals surface area contributed by atoms with Gasteiger partial charge in [-0.1, -0.05) is 15.9 Å². The minimum atomic E-state index is 0.600. The van der Waals surface area contributed by atoms with E-state index in [0.717, 1.165) is 35.2 Å². The molecule has 0 fully saturated rings. The first-order valence-corrected chi connectivity index (χ1v) is 8.76. The predicted octanol–water partition coefficient (Wildman–Crippen LogP) is 4.88. The van der Waals surface area contributed by atoms with Gasteiger partial charge in [0.2, 0.25) is 0 Å². The van der Waals surface area contributed by atoms with Crippen molar-refractivity contribution < 1.29 is 0 Å². The molecule has 0 aliphatic rings. The third-order valence-electron chi connectivity index (χ3n) is 3.31. The Kier molecular flexibility index (Phi) is 4.44. The second kappa shape index (κ2) is 6.29. The van der Waals surface area contributed by atoms with Crippen LogP contribution in [0.25, 0.3) is 11.0 Å². The summed E-state index contributed by atoms with van der Waals surface area (Å²) in [6.07, 6.45) is 1.83. The molecule has 0 N–H and O–H groups in total. The average Bonchev–Trinajstić information content (AvgIpc) is 3.04. The monoisotopic (exact) mass is 368 g/mol. The summed E-state index contributed by atoms with van der Waals surface area (Å²) in [5.41, 5.74) is 3.60. The van der Waals surface area contributed by atoms with Crippen molar-refractivity contribution >= 4 is 49.9 Å². The van der Waals surface area contributed by atoms with Crippen LogP contribution in [0, 0.1) is 0 Å². The summed E-state index contributed by atoms with van der Waals surface area (Å²) in [6, 6.07) is 8.43. The lowest BCUT2D eigenvalue weighted by Crippen LogP contribution is -2.06. The fourth-order valence-corrected chi connectivity index (χ4v) is 3.57. The number of aromatic nitrogens is 2. The number of halogens is 2. The van der Waals surface area contributed by atoms with Crippen molar-refractivity contribution in [2.24, 2.45) is 0 Å². The molecule has 0 aliphatic carbocycles. The van der Waals surface area contributed by atoms with E-state index in [1.807, 2.05) is 0 Å². The van der Waals surface area contributed by atoms with Crippen LogP contribution in [0.2, 0.25) is 0 Å². The van der Waals surface area contributed by atoms with Crippen molar-refractivity contribution in [2.45, 2.75) is 19.4 Å². The van der Waals surface area contributed by atoms with E-state index in [-0.39, 0.29) is 0 Å². The third-order valence-corrected chi connectivity index (χ3v) is 4.73. The van der Waals surface area contributed by atoms with Crippen LogP contribution in [0.1, 0.15) is 11.4 Å². The molecule has 0 aliphatic heterocycles. The second-order valence-corrected chi connectivity index (χ2v) is 6.71. The Hall–Kier alpha value is -0.840. The van der Waals surface area contributed by atoms with Crippen LogP contribution >= 0.6 is 38.9 Å². The van der Waals surface area contributed by atoms with Crippen molar-refractivity contribution in [3.63, 3.8) is 0 Å². The molecule has 104 valence electrons. The number of hydrogen-bond acceptors (Lipinski definition) is 2. The quantitative estimate of drug-likeness (QED) is 0.586. The van der Waals surface area contributed by atoms with Gasteiger partial charge in [0.05, 0.1) is 11.0 Å². The first kappa shape index (κ1) is 14.1. The minimum Gasteiger partial charge on any atom is -0.328 e. The topological polar surface area (TPSA) is 17.8 Å². The van der Waals surface area contributed by atoms with Crippen LogP contribution in [0.4, 0.5) is 0 Å². The lowest BCUT2D eigenvalue weighted by atomic mass is 10.2. The Labute approximate surface area is 135 Å². The molecule has 0 saturated heterocycles. The molecule has 0 radical (unpaired) electrons. The third kappa shape index (κ3) is 2.92. The van der Waals surface area contributed by atoms with E-state index in [2.05, 4.69) is 55.5 Å². The number of hydrogen-bond donors (Lipinski definition) is 0. The number of benzene rings is 1. The molecule has 0 spiro atoms. The molecule has 2 nitrogen and oxygen atoms in total. The Bertz CT molecular complexity index is 706. The zero-order valence-electron chi connectivity index (χ0n) is 10.9. The maximum Gasteiger partial charge on any atom is 0.111 e. The van der Waals surface area contributed by atoms with Gasteiger partial charge in [-0.15, -0.1) is 11.6 Å². The van der Waals surface area contributed by atoms with Gasteiger partial charge in [0.25, 0.3) is 0 Å². The average molecular weight is 370 g/mol. The molecule has 0 atom stereocenters. The fraction of sp³-hybridized carbons (Fsp3) is 0.267. The molecule has 0 amide bonds. The van der Waals surface area contributed by atoms with E-state index in [9.17, 15) is 0 Å². The molecule has 0 bridgehead atoms. The number of alkyl halides is 1. The summed E-state index contributed by atoms with van der Waals surface area (Å²) in [5, 5.41) is 4.33. The smallest absolute Gasteiger partial charge is 0.111 e. The molecule has 3 rings (SSSR count). The summed E-state index contributed by atoms with van der Waals surface area (Å²) in [7, 11) is 0. The van der Waals surface area contributed by atoms with E-state index in [1.165, 1.54) is 11.1 Å². The highest BCUT2D eigenvalue weighted by atomic mass is 79.9. The maximum atomic E-state index is 5.91. The number of aryl methyl sites for hydroxylation is 3. The number of fused-ring (bicyclic) bond motifs is 1. The first-order valence-electron chi connectivity index (χ1n) is 6.49. The van der Waals surface area contributed by atoms with Crippen molar-refractivity contribution in [2.75, 3.05) is 5.88 Å². The molecule has 0 saturated carbocycles. The van der Waals surface area contributed by atoms with Crippen molar-refractivity contribution in [3.8, 4) is 0 Å². The van der Waals surface area contributed by atoms with E-state index in [0.29, 0.717) is 5.88 Å². The van der Waals surface area contributed by atoms with Crippen molar-refractivity contribution in [1.29, 1.82) is 0 Å². The molecule has 0 unspecified atom stereocenters. The normalized spacial score (nSPS) is 11.3. The Morgan fingerprint density at radius 1 is 1.25 bits per heavy atom. The van der Waals surface area contributed by atoms with Gasteiger partial charge in [0.1, 0.15) is 5.82 Å². The zero-order chi connectivity index (χ0) is 13.9. The molecular weight excluding hydrogens is 356 g/mol. The van der Waals surface area contributed by atoms with E-state index >= 15 is 0 Å². The number of rotatable bonds is 5. The SMILES string of the molecule is ClCCc1nc2cc(Br)ccc2n1CCc1ccsc1. The van der Waals surface area contributed by atoms with E-state index < -0.39 is 0 Å². The van der Waals surface area contributed by atoms with Gasteiger partial charge in [-0.05, 0) is 47.0 Å². The molecular formula is C15H14BrClN2S. The zero-order valence-corrected chi connectivity index (χ0v) is 14.0. The van der Waals surface area contributed by atoms with Crippen LogP contribution < -0.4 is 0 Å². The van der Waals surface area contributed by atoms with Gasteiger partial charge in [-0.3, -0.25) is 0 Å². The maximum absolute atomic E-state index is 5.91. The predicted molar refractivity (Wildman–Crippen MR) is 89.9 cm³/mol. The van der Waals surface area contributed by atoms with Gasteiger partial charge in [-0.25, -0.2) is 4.98 Å². The highest BCUT2D eigenvalue weighted by Crippen LogP contribution is 2.22. The molecule has 3 aromatic rings. The lowest BCUT2D eigenvalue weighted by molar-refractivity contribution is 0.676. The second-order valence-electron chi connectivity index (χ2n) is 4.63. The highest BCUT2D eigenvalue weighted by Gasteiger charge is 2.10. The summed E-state index contributed by atoms with van der Waals surface area (Å²) in [6.45, 7) is 0.946. The Morgan fingerprint density at radius 3 is 2.90 bits per heavy atom. The number of imidazole rings is 1. The Morgan fingerprint density at radius 2 is 2.15 bits per heavy atom. The summed E-state index contributed by atoms with van der Waals surface area (Å²) in [5.74, 6) is 1.67. The van der Waals surface area contributed by atoms with Crippen LogP contribution in [0.5, 0.6) is 0 Å². The number of thiophene rings is 1. The molecule has 20 heavy (non-hydrogen) atoms. The minimum absolute atomic E-state index is 0.600. The summed E-state index contributed by atoms with van der Waals surface area (Å²) >= 11 is 11.2. The molecule has 2 heterocycles. The van der Waals surface area contributed by atoms with Gasteiger partial charge in [0.15, 0.2) is 0 Å². The standard InChI is InChI=1S/C15H14BrClN2S/c16-12-1-2-14-13(9-12)18-15(3-6-17)19(14)7-4-11-5-8-20-10-11/h1-2,5,8-10H,3-4,6-7H2. The van der Waals surface area contributed by atoms with Crippen LogP contribution in [-0.4, -0.2) is 15.4 Å². The van der Waals surface area contributed by atoms with Crippen LogP contribution in [-0.2, 0) is 19.4 Å². The van der Waals surface area contributed by atoms with E-state index in [1.54, 1.807) is 11.3 Å². The fourth-order valence-electron chi connectivity index (χ4n) is 2.35. The number of nitrogens with zero attached hydrogens (tertiary/aromatic N) is 2. The van der Waals surface area contributed by atoms with E-state index in [4.69, 9.17) is 16.6 Å². The van der Waals surface area contributed by atoms with Crippen LogP contribution in [0.3, 0.4) is 0 Å². The van der Waals surface area contributed by atoms with Gasteiger partial charge in [-0.2, -0.15) is 11.3 Å². The largest absolute Gasteiger partial charge is 0.328 e. The molecule has 1 aromatic carbocycles. The summed E-state index contributed by atoms with van der Waals surface area (Å²) < 4.78 is 3.35. The first-order chi connectivity index (χ1) is 9.78.